The van der Waals surface area contributed by atoms with E-state index in [-0.39, 0.29) is 5.91 Å². The summed E-state index contributed by atoms with van der Waals surface area (Å²) in [4.78, 5) is 22.4. The van der Waals surface area contributed by atoms with E-state index in [4.69, 9.17) is 5.26 Å². The predicted molar refractivity (Wildman–Crippen MR) is 86.5 cm³/mol. The van der Waals surface area contributed by atoms with E-state index in [0.717, 1.165) is 16.5 Å². The zero-order valence-corrected chi connectivity index (χ0v) is 12.6. The molecule has 0 atom stereocenters. The number of hydrogen-bond acceptors (Lipinski definition) is 4. The number of rotatable bonds is 3. The van der Waals surface area contributed by atoms with Gasteiger partial charge in [0.1, 0.15) is 11.8 Å². The molecule has 5 nitrogen and oxygen atoms in total. The van der Waals surface area contributed by atoms with Crippen LogP contribution < -0.4 is 0 Å². The van der Waals surface area contributed by atoms with Crippen LogP contribution in [-0.2, 0) is 6.54 Å². The molecule has 0 radical (unpaired) electrons. The van der Waals surface area contributed by atoms with Gasteiger partial charge >= 0.3 is 0 Å². The first-order valence-corrected chi connectivity index (χ1v) is 7.13. The lowest BCUT2D eigenvalue weighted by molar-refractivity contribution is 0.0785. The molecule has 23 heavy (non-hydrogen) atoms. The SMILES string of the molecule is CN(Cc1cccc2ncccc12)C(=O)c1ccc(C#N)nc1. The first kappa shape index (κ1) is 14.7. The van der Waals surface area contributed by atoms with E-state index < -0.39 is 0 Å². The average Bonchev–Trinajstić information content (AvgIpc) is 2.61. The number of carbonyl (C=O) groups excluding carboxylic acids is 1. The fourth-order valence-electron chi connectivity index (χ4n) is 2.44. The summed E-state index contributed by atoms with van der Waals surface area (Å²) in [5, 5.41) is 9.79. The molecule has 3 rings (SSSR count). The van der Waals surface area contributed by atoms with Crippen molar-refractivity contribution in [2.75, 3.05) is 7.05 Å². The zero-order valence-electron chi connectivity index (χ0n) is 12.6. The summed E-state index contributed by atoms with van der Waals surface area (Å²) in [6.45, 7) is 0.474. The molecular formula is C18H14N4O. The Bertz CT molecular complexity index is 892. The molecule has 0 aliphatic heterocycles. The Kier molecular flexibility index (Phi) is 3.98. The number of nitrogens with zero attached hydrogens (tertiary/aromatic N) is 4. The summed E-state index contributed by atoms with van der Waals surface area (Å²) in [7, 11) is 1.75. The zero-order chi connectivity index (χ0) is 16.2. The third-order valence-corrected chi connectivity index (χ3v) is 3.62. The van der Waals surface area contributed by atoms with Gasteiger partial charge in [-0.3, -0.25) is 9.78 Å². The number of amides is 1. The van der Waals surface area contributed by atoms with Gasteiger partial charge in [0.15, 0.2) is 0 Å². The molecular weight excluding hydrogens is 288 g/mol. The van der Waals surface area contributed by atoms with Gasteiger partial charge in [0.2, 0.25) is 0 Å². The Hall–Kier alpha value is -3.26. The standard InChI is InChI=1S/C18H14N4O/c1-22(18(23)13-7-8-15(10-19)21-11-13)12-14-4-2-6-17-16(14)5-3-9-20-17/h2-9,11H,12H2,1H3. The Morgan fingerprint density at radius 1 is 1.17 bits per heavy atom. The van der Waals surface area contributed by atoms with Crippen LogP contribution in [0.4, 0.5) is 0 Å². The third-order valence-electron chi connectivity index (χ3n) is 3.62. The number of fused-ring (bicyclic) bond motifs is 1. The predicted octanol–water partition coefficient (Wildman–Crippen LogP) is 2.77. The molecule has 0 aliphatic carbocycles. The van der Waals surface area contributed by atoms with Gasteiger partial charge in [0, 0.05) is 31.4 Å². The van der Waals surface area contributed by atoms with Crippen molar-refractivity contribution >= 4 is 16.8 Å². The normalized spacial score (nSPS) is 10.3. The maximum Gasteiger partial charge on any atom is 0.255 e. The first-order valence-electron chi connectivity index (χ1n) is 7.13. The maximum atomic E-state index is 12.5. The monoisotopic (exact) mass is 302 g/mol. The average molecular weight is 302 g/mol. The molecule has 0 N–H and O–H groups in total. The Balaban J connectivity index is 1.84. The number of nitriles is 1. The van der Waals surface area contributed by atoms with Crippen molar-refractivity contribution < 1.29 is 4.79 Å². The molecule has 0 saturated heterocycles. The van der Waals surface area contributed by atoms with Crippen LogP contribution in [0.3, 0.4) is 0 Å². The van der Waals surface area contributed by atoms with Gasteiger partial charge in [-0.2, -0.15) is 5.26 Å². The van der Waals surface area contributed by atoms with Crippen LogP contribution in [0.2, 0.25) is 0 Å². The first-order chi connectivity index (χ1) is 11.2. The van der Waals surface area contributed by atoms with Crippen LogP contribution in [0.5, 0.6) is 0 Å². The molecule has 1 amide bonds. The van der Waals surface area contributed by atoms with Crippen molar-refractivity contribution in [1.29, 1.82) is 5.26 Å². The Morgan fingerprint density at radius 3 is 2.78 bits per heavy atom. The lowest BCUT2D eigenvalue weighted by Crippen LogP contribution is -2.26. The number of hydrogen-bond donors (Lipinski definition) is 0. The summed E-state index contributed by atoms with van der Waals surface area (Å²) in [6, 6.07) is 14.9. The summed E-state index contributed by atoms with van der Waals surface area (Å²) < 4.78 is 0. The second-order valence-electron chi connectivity index (χ2n) is 5.19. The van der Waals surface area contributed by atoms with Crippen LogP contribution in [0.15, 0.2) is 54.9 Å². The van der Waals surface area contributed by atoms with Gasteiger partial charge in [-0.25, -0.2) is 4.98 Å². The molecule has 2 heterocycles. The highest BCUT2D eigenvalue weighted by Gasteiger charge is 2.13. The van der Waals surface area contributed by atoms with E-state index in [1.165, 1.54) is 6.20 Å². The van der Waals surface area contributed by atoms with E-state index >= 15 is 0 Å². The largest absolute Gasteiger partial charge is 0.337 e. The van der Waals surface area contributed by atoms with Crippen LogP contribution in [0, 0.1) is 11.3 Å². The highest BCUT2D eigenvalue weighted by atomic mass is 16.2. The molecule has 1 aromatic carbocycles. The molecule has 0 spiro atoms. The molecule has 0 fully saturated rings. The summed E-state index contributed by atoms with van der Waals surface area (Å²) in [5.74, 6) is -0.136. The maximum absolute atomic E-state index is 12.5. The number of aromatic nitrogens is 2. The molecule has 0 saturated carbocycles. The van der Waals surface area contributed by atoms with Crippen molar-refractivity contribution in [2.24, 2.45) is 0 Å². The Morgan fingerprint density at radius 2 is 2.04 bits per heavy atom. The minimum Gasteiger partial charge on any atom is -0.337 e. The molecule has 112 valence electrons. The minimum absolute atomic E-state index is 0.136. The molecule has 5 heteroatoms. The van der Waals surface area contributed by atoms with Crippen LogP contribution >= 0.6 is 0 Å². The fourth-order valence-corrected chi connectivity index (χ4v) is 2.44. The molecule has 3 aromatic rings. The van der Waals surface area contributed by atoms with E-state index in [1.807, 2.05) is 36.4 Å². The number of benzene rings is 1. The summed E-state index contributed by atoms with van der Waals surface area (Å²) in [5.41, 5.74) is 2.70. The lowest BCUT2D eigenvalue weighted by Gasteiger charge is -2.18. The van der Waals surface area contributed by atoms with E-state index in [9.17, 15) is 4.79 Å². The molecule has 0 aliphatic rings. The molecule has 0 unspecified atom stereocenters. The minimum atomic E-state index is -0.136. The van der Waals surface area contributed by atoms with Gasteiger partial charge in [-0.1, -0.05) is 18.2 Å². The van der Waals surface area contributed by atoms with Crippen LogP contribution in [0.1, 0.15) is 21.6 Å². The lowest BCUT2D eigenvalue weighted by atomic mass is 10.1. The van der Waals surface area contributed by atoms with Gasteiger partial charge < -0.3 is 4.90 Å². The van der Waals surface area contributed by atoms with Crippen molar-refractivity contribution in [3.05, 3.63) is 71.7 Å². The highest BCUT2D eigenvalue weighted by molar-refractivity contribution is 5.94. The fraction of sp³-hybridized carbons (Fsp3) is 0.111. The van der Waals surface area contributed by atoms with Crippen molar-refractivity contribution in [3.63, 3.8) is 0 Å². The van der Waals surface area contributed by atoms with Crippen molar-refractivity contribution in [3.8, 4) is 6.07 Å². The number of carbonyl (C=O) groups is 1. The van der Waals surface area contributed by atoms with Crippen LogP contribution in [-0.4, -0.2) is 27.8 Å². The third kappa shape index (κ3) is 3.01. The smallest absolute Gasteiger partial charge is 0.255 e. The van der Waals surface area contributed by atoms with Gasteiger partial charge in [0.25, 0.3) is 5.91 Å². The quantitative estimate of drug-likeness (QED) is 0.746. The second-order valence-corrected chi connectivity index (χ2v) is 5.19. The second kappa shape index (κ2) is 6.24. The molecule has 0 bridgehead atoms. The van der Waals surface area contributed by atoms with Gasteiger partial charge in [-0.15, -0.1) is 0 Å². The topological polar surface area (TPSA) is 69.9 Å². The van der Waals surface area contributed by atoms with Crippen molar-refractivity contribution in [1.82, 2.24) is 14.9 Å². The number of pyridine rings is 2. The van der Waals surface area contributed by atoms with Gasteiger partial charge in [-0.05, 0) is 29.8 Å². The van der Waals surface area contributed by atoms with Crippen LogP contribution in [0.25, 0.3) is 10.9 Å². The van der Waals surface area contributed by atoms with E-state index in [1.54, 1.807) is 30.3 Å². The van der Waals surface area contributed by atoms with Gasteiger partial charge in [0.05, 0.1) is 11.1 Å². The molecule has 2 aromatic heterocycles. The highest BCUT2D eigenvalue weighted by Crippen LogP contribution is 2.18. The van der Waals surface area contributed by atoms with E-state index in [0.29, 0.717) is 17.8 Å². The summed E-state index contributed by atoms with van der Waals surface area (Å²) in [6.07, 6.45) is 3.19. The van der Waals surface area contributed by atoms with Crippen molar-refractivity contribution in [2.45, 2.75) is 6.54 Å². The van der Waals surface area contributed by atoms with E-state index in [2.05, 4.69) is 9.97 Å². The Labute approximate surface area is 133 Å². The summed E-state index contributed by atoms with van der Waals surface area (Å²) >= 11 is 0.